The lowest BCUT2D eigenvalue weighted by Gasteiger charge is -2.11. The highest BCUT2D eigenvalue weighted by molar-refractivity contribution is 6.31. The van der Waals surface area contributed by atoms with E-state index >= 15 is 0 Å². The Labute approximate surface area is 106 Å². The molecule has 0 aliphatic heterocycles. The number of aliphatic hydroxyl groups excluding tert-OH is 1. The number of pyridine rings is 1. The normalized spacial score (nSPS) is 12.4. The third-order valence-electron chi connectivity index (χ3n) is 2.61. The first kappa shape index (κ1) is 12.1. The van der Waals surface area contributed by atoms with Crippen molar-refractivity contribution in [2.45, 2.75) is 18.9 Å². The van der Waals surface area contributed by atoms with Gasteiger partial charge in [-0.25, -0.2) is 0 Å². The summed E-state index contributed by atoms with van der Waals surface area (Å²) in [5, 5.41) is 10.7. The lowest BCUT2D eigenvalue weighted by Crippen LogP contribution is -2.14. The monoisotopic (exact) mass is 247 g/mol. The highest BCUT2D eigenvalue weighted by Gasteiger charge is 2.09. The van der Waals surface area contributed by atoms with Gasteiger partial charge >= 0.3 is 0 Å². The summed E-state index contributed by atoms with van der Waals surface area (Å²) >= 11 is 6.05. The van der Waals surface area contributed by atoms with Crippen molar-refractivity contribution in [3.63, 3.8) is 0 Å². The van der Waals surface area contributed by atoms with E-state index in [0.29, 0.717) is 17.9 Å². The Morgan fingerprint density at radius 2 is 1.94 bits per heavy atom. The van der Waals surface area contributed by atoms with E-state index < -0.39 is 6.10 Å². The summed E-state index contributed by atoms with van der Waals surface area (Å²) in [6, 6.07) is 11.4. The van der Waals surface area contributed by atoms with Crippen molar-refractivity contribution < 1.29 is 5.11 Å². The Hall–Kier alpha value is -1.38. The van der Waals surface area contributed by atoms with Crippen molar-refractivity contribution in [3.8, 4) is 0 Å². The Morgan fingerprint density at radius 1 is 1.12 bits per heavy atom. The summed E-state index contributed by atoms with van der Waals surface area (Å²) < 4.78 is 0. The van der Waals surface area contributed by atoms with Crippen LogP contribution < -0.4 is 0 Å². The van der Waals surface area contributed by atoms with Crippen LogP contribution in [0.15, 0.2) is 48.8 Å². The number of aliphatic hydroxyl groups is 1. The molecular weight excluding hydrogens is 234 g/mol. The minimum absolute atomic E-state index is 0.431. The van der Waals surface area contributed by atoms with E-state index in [1.807, 2.05) is 36.4 Å². The summed E-state index contributed by atoms with van der Waals surface area (Å²) in [6.45, 7) is 0. The SMILES string of the molecule is OC(Cc1cccnc1)Cc1ccccc1Cl. The maximum Gasteiger partial charge on any atom is 0.0621 e. The predicted octanol–water partition coefficient (Wildman–Crippen LogP) is 2.88. The molecule has 0 amide bonds. The third kappa shape index (κ3) is 3.55. The van der Waals surface area contributed by atoms with Crippen LogP contribution in [0.1, 0.15) is 11.1 Å². The number of hydrogen-bond acceptors (Lipinski definition) is 2. The zero-order valence-corrected chi connectivity index (χ0v) is 10.1. The lowest BCUT2D eigenvalue weighted by atomic mass is 10.0. The molecule has 0 aliphatic carbocycles. The zero-order valence-electron chi connectivity index (χ0n) is 9.38. The highest BCUT2D eigenvalue weighted by atomic mass is 35.5. The van der Waals surface area contributed by atoms with Gasteiger partial charge in [-0.3, -0.25) is 4.98 Å². The van der Waals surface area contributed by atoms with Gasteiger partial charge in [0.05, 0.1) is 6.10 Å². The molecular formula is C14H14ClNO. The Balaban J connectivity index is 1.98. The topological polar surface area (TPSA) is 33.1 Å². The largest absolute Gasteiger partial charge is 0.392 e. The van der Waals surface area contributed by atoms with Gasteiger partial charge in [-0.05, 0) is 23.3 Å². The van der Waals surface area contributed by atoms with Gasteiger partial charge in [-0.15, -0.1) is 0 Å². The number of hydrogen-bond donors (Lipinski definition) is 1. The first-order valence-electron chi connectivity index (χ1n) is 5.56. The van der Waals surface area contributed by atoms with Gasteiger partial charge in [0, 0.05) is 30.3 Å². The van der Waals surface area contributed by atoms with Gasteiger partial charge < -0.3 is 5.11 Å². The first-order valence-corrected chi connectivity index (χ1v) is 5.94. The maximum atomic E-state index is 9.99. The number of halogens is 1. The van der Waals surface area contributed by atoms with Gasteiger partial charge in [-0.2, -0.15) is 0 Å². The fourth-order valence-corrected chi connectivity index (χ4v) is 1.99. The van der Waals surface area contributed by atoms with E-state index in [2.05, 4.69) is 4.98 Å². The fraction of sp³-hybridized carbons (Fsp3) is 0.214. The van der Waals surface area contributed by atoms with Crippen molar-refractivity contribution in [2.75, 3.05) is 0 Å². The van der Waals surface area contributed by atoms with E-state index in [4.69, 9.17) is 11.6 Å². The van der Waals surface area contributed by atoms with Crippen LogP contribution in [0.2, 0.25) is 5.02 Å². The number of rotatable bonds is 4. The molecule has 1 N–H and O–H groups in total. The van der Waals surface area contributed by atoms with Gasteiger partial charge in [0.1, 0.15) is 0 Å². The molecule has 1 unspecified atom stereocenters. The van der Waals surface area contributed by atoms with E-state index in [-0.39, 0.29) is 0 Å². The molecule has 1 heterocycles. The Morgan fingerprint density at radius 3 is 2.65 bits per heavy atom. The Kier molecular flexibility index (Phi) is 4.13. The van der Waals surface area contributed by atoms with E-state index in [9.17, 15) is 5.11 Å². The molecule has 0 saturated carbocycles. The second-order valence-electron chi connectivity index (χ2n) is 4.01. The molecule has 1 aromatic heterocycles. The molecule has 0 fully saturated rings. The van der Waals surface area contributed by atoms with Gasteiger partial charge in [0.15, 0.2) is 0 Å². The van der Waals surface area contributed by atoms with E-state index in [1.165, 1.54) is 0 Å². The van der Waals surface area contributed by atoms with Gasteiger partial charge in [0.2, 0.25) is 0 Å². The smallest absolute Gasteiger partial charge is 0.0621 e. The molecule has 2 nitrogen and oxygen atoms in total. The summed E-state index contributed by atoms with van der Waals surface area (Å²) in [4.78, 5) is 4.03. The van der Waals surface area contributed by atoms with Crippen LogP contribution >= 0.6 is 11.6 Å². The quantitative estimate of drug-likeness (QED) is 0.901. The third-order valence-corrected chi connectivity index (χ3v) is 2.98. The molecule has 88 valence electrons. The molecule has 3 heteroatoms. The van der Waals surface area contributed by atoms with Crippen molar-refractivity contribution in [3.05, 3.63) is 64.9 Å². The molecule has 0 radical (unpaired) electrons. The number of nitrogens with zero attached hydrogens (tertiary/aromatic N) is 1. The summed E-state index contributed by atoms with van der Waals surface area (Å²) in [5.41, 5.74) is 2.01. The van der Waals surface area contributed by atoms with Crippen LogP contribution in [0.5, 0.6) is 0 Å². The molecule has 1 aromatic carbocycles. The Bertz CT molecular complexity index is 473. The number of aromatic nitrogens is 1. The predicted molar refractivity (Wildman–Crippen MR) is 69.1 cm³/mol. The standard InChI is InChI=1S/C14H14ClNO/c15-14-6-2-1-5-12(14)9-13(17)8-11-4-3-7-16-10-11/h1-7,10,13,17H,8-9H2. The molecule has 17 heavy (non-hydrogen) atoms. The average molecular weight is 248 g/mol. The van der Waals surface area contributed by atoms with Gasteiger partial charge in [0.25, 0.3) is 0 Å². The minimum atomic E-state index is -0.431. The molecule has 0 aliphatic rings. The second kappa shape index (κ2) is 5.80. The summed E-state index contributed by atoms with van der Waals surface area (Å²) in [5.74, 6) is 0. The van der Waals surface area contributed by atoms with E-state index in [1.54, 1.807) is 12.4 Å². The second-order valence-corrected chi connectivity index (χ2v) is 4.42. The molecule has 1 atom stereocenters. The zero-order chi connectivity index (χ0) is 12.1. The molecule has 2 aromatic rings. The minimum Gasteiger partial charge on any atom is -0.392 e. The van der Waals surface area contributed by atoms with E-state index in [0.717, 1.165) is 11.1 Å². The van der Waals surface area contributed by atoms with Crippen LogP contribution in [-0.4, -0.2) is 16.2 Å². The van der Waals surface area contributed by atoms with Crippen LogP contribution in [0, 0.1) is 0 Å². The van der Waals surface area contributed by atoms with Gasteiger partial charge in [-0.1, -0.05) is 35.9 Å². The van der Waals surface area contributed by atoms with Crippen LogP contribution in [0.3, 0.4) is 0 Å². The van der Waals surface area contributed by atoms with Crippen molar-refractivity contribution in [1.82, 2.24) is 4.98 Å². The number of benzene rings is 1. The summed E-state index contributed by atoms with van der Waals surface area (Å²) in [7, 11) is 0. The van der Waals surface area contributed by atoms with Crippen molar-refractivity contribution >= 4 is 11.6 Å². The van der Waals surface area contributed by atoms with Crippen LogP contribution in [-0.2, 0) is 12.8 Å². The van der Waals surface area contributed by atoms with Crippen molar-refractivity contribution in [2.24, 2.45) is 0 Å². The van der Waals surface area contributed by atoms with Crippen LogP contribution in [0.4, 0.5) is 0 Å². The average Bonchev–Trinajstić information content (AvgIpc) is 2.33. The first-order chi connectivity index (χ1) is 8.25. The molecule has 0 saturated heterocycles. The van der Waals surface area contributed by atoms with Crippen LogP contribution in [0.25, 0.3) is 0 Å². The molecule has 2 rings (SSSR count). The lowest BCUT2D eigenvalue weighted by molar-refractivity contribution is 0.175. The summed E-state index contributed by atoms with van der Waals surface area (Å²) in [6.07, 6.45) is 4.23. The molecule has 0 bridgehead atoms. The highest BCUT2D eigenvalue weighted by Crippen LogP contribution is 2.17. The maximum absolute atomic E-state index is 9.99. The van der Waals surface area contributed by atoms with Crippen molar-refractivity contribution in [1.29, 1.82) is 0 Å². The fourth-order valence-electron chi connectivity index (χ4n) is 1.78. The molecule has 0 spiro atoms.